The Bertz CT molecular complexity index is 881. The summed E-state index contributed by atoms with van der Waals surface area (Å²) in [5.41, 5.74) is -1.07. The minimum atomic E-state index is -4.35. The van der Waals surface area contributed by atoms with Crippen molar-refractivity contribution in [2.24, 2.45) is 5.92 Å². The number of hydrogen-bond donors (Lipinski definition) is 1. The van der Waals surface area contributed by atoms with Gasteiger partial charge in [-0.15, -0.1) is 0 Å². The molecule has 0 amide bonds. The van der Waals surface area contributed by atoms with Gasteiger partial charge in [-0.25, -0.2) is 4.79 Å². The first-order valence-corrected chi connectivity index (χ1v) is 10.6. The number of fused-ring (bicyclic) bond motifs is 1. The Hall–Kier alpha value is -1.71. The topological polar surface area (TPSA) is 66.0 Å². The van der Waals surface area contributed by atoms with Crippen molar-refractivity contribution in [3.63, 3.8) is 0 Å². The fraction of sp³-hybridized carbons (Fsp3) is 0.667. The summed E-state index contributed by atoms with van der Waals surface area (Å²) in [5, 5.41) is 3.04. The molecule has 1 unspecified atom stereocenters. The Morgan fingerprint density at radius 2 is 1.81 bits per heavy atom. The number of alkyl halides is 3. The lowest BCUT2D eigenvalue weighted by Crippen LogP contribution is -2.71. The van der Waals surface area contributed by atoms with E-state index in [9.17, 15) is 18.0 Å². The molecule has 6 nitrogen and oxygen atoms in total. The molecular formula is C21H25ClF3NO5. The number of ether oxygens (including phenoxy) is 4. The molecule has 1 saturated heterocycles. The van der Waals surface area contributed by atoms with E-state index in [0.29, 0.717) is 48.3 Å². The number of nitrogens with one attached hydrogen (secondary N) is 1. The van der Waals surface area contributed by atoms with Gasteiger partial charge in [0.05, 0.1) is 30.9 Å². The van der Waals surface area contributed by atoms with Crippen LogP contribution in [0.25, 0.3) is 0 Å². The SMILES string of the molecule is COC(=O)c1cc(Cl)c2c(c1C)OC(C)([C@H]1CC[C@H](NC3(C(F)(F)F)COC3)CC1)O2. The maximum absolute atomic E-state index is 13.4. The lowest BCUT2D eigenvalue weighted by atomic mass is 9.80. The Morgan fingerprint density at radius 1 is 1.19 bits per heavy atom. The maximum Gasteiger partial charge on any atom is 0.411 e. The molecule has 2 fully saturated rings. The van der Waals surface area contributed by atoms with Crippen LogP contribution in [0.15, 0.2) is 6.07 Å². The summed E-state index contributed by atoms with van der Waals surface area (Å²) in [4.78, 5) is 12.0. The van der Waals surface area contributed by atoms with Crippen molar-refractivity contribution >= 4 is 17.6 Å². The Morgan fingerprint density at radius 3 is 2.32 bits per heavy atom. The molecule has 1 N–H and O–H groups in total. The monoisotopic (exact) mass is 463 g/mol. The van der Waals surface area contributed by atoms with Crippen molar-refractivity contribution in [3.8, 4) is 11.5 Å². The van der Waals surface area contributed by atoms with Gasteiger partial charge in [0.15, 0.2) is 17.0 Å². The highest BCUT2D eigenvalue weighted by atomic mass is 35.5. The smallest absolute Gasteiger partial charge is 0.411 e. The maximum atomic E-state index is 13.4. The third kappa shape index (κ3) is 3.74. The molecule has 0 radical (unpaired) electrons. The summed E-state index contributed by atoms with van der Waals surface area (Å²) >= 11 is 6.33. The molecule has 1 aromatic carbocycles. The standard InChI is InChI=1S/C21H25ClF3NO5/c1-11-14(18(27)28-3)8-15(22)17-16(11)30-19(2,31-17)12-4-6-13(7-5-12)26-20(9-29-10-20)21(23,24)25/h8,12-13,26H,4-7,9-10H2,1-3H3/t12-,13-,19?. The van der Waals surface area contributed by atoms with Gasteiger partial charge in [0.25, 0.3) is 5.79 Å². The Balaban J connectivity index is 1.45. The molecule has 0 bridgehead atoms. The zero-order chi connectivity index (χ0) is 22.6. The second-order valence-corrected chi connectivity index (χ2v) is 9.07. The molecule has 1 saturated carbocycles. The molecule has 172 valence electrons. The van der Waals surface area contributed by atoms with Gasteiger partial charge in [-0.1, -0.05) is 11.6 Å². The molecule has 31 heavy (non-hydrogen) atoms. The number of carbonyl (C=O) groups is 1. The van der Waals surface area contributed by atoms with Crippen LogP contribution in [-0.2, 0) is 9.47 Å². The van der Waals surface area contributed by atoms with Crippen molar-refractivity contribution < 1.29 is 36.9 Å². The van der Waals surface area contributed by atoms with Crippen LogP contribution in [0, 0.1) is 12.8 Å². The summed E-state index contributed by atoms with van der Waals surface area (Å²) in [6, 6.07) is 1.24. The lowest BCUT2D eigenvalue weighted by Gasteiger charge is -2.47. The molecular weight excluding hydrogens is 439 g/mol. The highest BCUT2D eigenvalue weighted by Gasteiger charge is 2.61. The second kappa shape index (κ2) is 7.71. The molecule has 1 aromatic rings. The third-order valence-corrected chi connectivity index (χ3v) is 6.92. The predicted molar refractivity (Wildman–Crippen MR) is 106 cm³/mol. The van der Waals surface area contributed by atoms with Gasteiger partial charge in [0.2, 0.25) is 0 Å². The van der Waals surface area contributed by atoms with Gasteiger partial charge >= 0.3 is 12.1 Å². The summed E-state index contributed by atoms with van der Waals surface area (Å²) in [5.74, 6) is -0.813. The van der Waals surface area contributed by atoms with E-state index >= 15 is 0 Å². The molecule has 1 aliphatic carbocycles. The van der Waals surface area contributed by atoms with Crippen molar-refractivity contribution in [2.45, 2.75) is 63.1 Å². The number of carbonyl (C=O) groups excluding carboxylic acids is 1. The van der Waals surface area contributed by atoms with Crippen LogP contribution in [0.1, 0.15) is 48.5 Å². The van der Waals surface area contributed by atoms with Crippen LogP contribution in [-0.4, -0.2) is 49.8 Å². The van der Waals surface area contributed by atoms with E-state index in [2.05, 4.69) is 5.32 Å². The van der Waals surface area contributed by atoms with Gasteiger partial charge in [0.1, 0.15) is 0 Å². The first-order valence-electron chi connectivity index (χ1n) is 10.2. The second-order valence-electron chi connectivity index (χ2n) is 8.67. The number of methoxy groups -OCH3 is 1. The molecule has 4 rings (SSSR count). The van der Waals surface area contributed by atoms with E-state index in [0.717, 1.165) is 0 Å². The van der Waals surface area contributed by atoms with Crippen LogP contribution in [0.4, 0.5) is 13.2 Å². The summed E-state index contributed by atoms with van der Waals surface area (Å²) in [6.07, 6.45) is -1.99. The largest absolute Gasteiger partial charge is 0.465 e. The van der Waals surface area contributed by atoms with Gasteiger partial charge in [-0.2, -0.15) is 13.2 Å². The fourth-order valence-electron chi connectivity index (χ4n) is 4.62. The van der Waals surface area contributed by atoms with Gasteiger partial charge in [0, 0.05) is 24.4 Å². The number of esters is 1. The van der Waals surface area contributed by atoms with Crippen LogP contribution in [0.3, 0.4) is 0 Å². The molecule has 0 spiro atoms. The summed E-state index contributed by atoms with van der Waals surface area (Å²) < 4.78 is 62.2. The van der Waals surface area contributed by atoms with Crippen molar-refractivity contribution in [2.75, 3.05) is 20.3 Å². The third-order valence-electron chi connectivity index (χ3n) is 6.64. The summed E-state index contributed by atoms with van der Waals surface area (Å²) in [6.45, 7) is 2.83. The van der Waals surface area contributed by atoms with Crippen LogP contribution >= 0.6 is 11.6 Å². The van der Waals surface area contributed by atoms with E-state index in [4.69, 9.17) is 30.5 Å². The lowest BCUT2D eigenvalue weighted by molar-refractivity contribution is -0.271. The van der Waals surface area contributed by atoms with Crippen LogP contribution in [0.2, 0.25) is 5.02 Å². The fourth-order valence-corrected chi connectivity index (χ4v) is 4.86. The minimum Gasteiger partial charge on any atom is -0.465 e. The average molecular weight is 464 g/mol. The summed E-state index contributed by atoms with van der Waals surface area (Å²) in [7, 11) is 1.29. The van der Waals surface area contributed by atoms with Crippen LogP contribution < -0.4 is 14.8 Å². The van der Waals surface area contributed by atoms with Crippen molar-refractivity contribution in [1.29, 1.82) is 0 Å². The van der Waals surface area contributed by atoms with Gasteiger partial charge in [-0.3, -0.25) is 5.32 Å². The number of benzene rings is 1. The zero-order valence-corrected chi connectivity index (χ0v) is 18.3. The van der Waals surface area contributed by atoms with Crippen molar-refractivity contribution in [3.05, 3.63) is 22.2 Å². The molecule has 10 heteroatoms. The number of halogens is 4. The van der Waals surface area contributed by atoms with E-state index in [1.807, 2.05) is 0 Å². The van der Waals surface area contributed by atoms with Crippen LogP contribution in [0.5, 0.6) is 11.5 Å². The average Bonchev–Trinajstić information content (AvgIpc) is 3.06. The number of rotatable bonds is 4. The number of hydrogen-bond acceptors (Lipinski definition) is 6. The van der Waals surface area contributed by atoms with Gasteiger partial charge in [-0.05, 0) is 38.7 Å². The van der Waals surface area contributed by atoms with E-state index < -0.39 is 23.5 Å². The van der Waals surface area contributed by atoms with E-state index in [1.165, 1.54) is 13.2 Å². The minimum absolute atomic E-state index is 0.0468. The molecule has 0 aromatic heterocycles. The molecule has 2 aliphatic heterocycles. The highest BCUT2D eigenvalue weighted by Crippen LogP contribution is 2.52. The Kier molecular flexibility index (Phi) is 5.59. The van der Waals surface area contributed by atoms with E-state index in [1.54, 1.807) is 13.8 Å². The normalized spacial score (nSPS) is 29.4. The van der Waals surface area contributed by atoms with Gasteiger partial charge < -0.3 is 18.9 Å². The molecule has 3 aliphatic rings. The highest BCUT2D eigenvalue weighted by molar-refractivity contribution is 6.32. The molecule has 2 heterocycles. The predicted octanol–water partition coefficient (Wildman–Crippen LogP) is 4.40. The first kappa shape index (κ1) is 22.5. The Labute approximate surface area is 183 Å². The van der Waals surface area contributed by atoms with E-state index in [-0.39, 0.29) is 30.2 Å². The zero-order valence-electron chi connectivity index (χ0n) is 17.5. The van der Waals surface area contributed by atoms with Crippen molar-refractivity contribution in [1.82, 2.24) is 5.32 Å². The molecule has 1 atom stereocenters. The first-order chi connectivity index (χ1) is 14.5. The quantitative estimate of drug-likeness (QED) is 0.668.